The van der Waals surface area contributed by atoms with Crippen LogP contribution in [0.5, 0.6) is 0 Å². The Kier molecular flexibility index (Phi) is 8.41. The van der Waals surface area contributed by atoms with Crippen molar-refractivity contribution in [2.24, 2.45) is 0 Å². The lowest BCUT2D eigenvalue weighted by Crippen LogP contribution is -2.08. The van der Waals surface area contributed by atoms with Crippen LogP contribution in [0.4, 0.5) is 0 Å². The van der Waals surface area contributed by atoms with Crippen molar-refractivity contribution in [1.29, 1.82) is 0 Å². The molecule has 0 radical (unpaired) electrons. The van der Waals surface area contributed by atoms with Crippen molar-refractivity contribution in [3.63, 3.8) is 0 Å². The van der Waals surface area contributed by atoms with E-state index in [9.17, 15) is 0 Å². The van der Waals surface area contributed by atoms with Gasteiger partial charge in [-0.2, -0.15) is 0 Å². The molecule has 0 bridgehead atoms. The molecule has 0 fully saturated rings. The molecule has 1 nitrogen and oxygen atoms in total. The van der Waals surface area contributed by atoms with Gasteiger partial charge in [0.2, 0.25) is 0 Å². The Labute approximate surface area is 74.1 Å². The van der Waals surface area contributed by atoms with Crippen LogP contribution in [0.1, 0.15) is 52.4 Å². The summed E-state index contributed by atoms with van der Waals surface area (Å²) in [5.74, 6) is 0. The summed E-state index contributed by atoms with van der Waals surface area (Å²) in [6, 6.07) is 0. The van der Waals surface area contributed by atoms with E-state index < -0.39 is 0 Å². The second-order valence-electron chi connectivity index (χ2n) is 3.12. The first-order valence-corrected chi connectivity index (χ1v) is 5.69. The largest absolute Gasteiger partial charge is 0.425 e. The van der Waals surface area contributed by atoms with Gasteiger partial charge in [0.15, 0.2) is 0 Å². The highest BCUT2D eigenvalue weighted by Gasteiger charge is 2.01. The van der Waals surface area contributed by atoms with Gasteiger partial charge >= 0.3 is 0 Å². The molecule has 0 N–H and O–H groups in total. The Hall–Kier alpha value is 0.177. The van der Waals surface area contributed by atoms with Gasteiger partial charge in [-0.1, -0.05) is 39.5 Å². The first-order chi connectivity index (χ1) is 5.35. The summed E-state index contributed by atoms with van der Waals surface area (Å²) in [6.07, 6.45) is 8.50. The summed E-state index contributed by atoms with van der Waals surface area (Å²) in [6.45, 7) is 4.46. The molecular weight excluding hydrogens is 152 g/mol. The van der Waals surface area contributed by atoms with Crippen LogP contribution in [0.2, 0.25) is 0 Å². The van der Waals surface area contributed by atoms with Crippen molar-refractivity contribution in [2.45, 2.75) is 58.5 Å². The SMILES string of the molecule is CCCCCCC(CC)O[SiH3]. The summed E-state index contributed by atoms with van der Waals surface area (Å²) in [5.41, 5.74) is 0. The highest BCUT2D eigenvalue weighted by molar-refractivity contribution is 5.98. The third kappa shape index (κ3) is 6.57. The van der Waals surface area contributed by atoms with Gasteiger partial charge in [-0.05, 0) is 12.8 Å². The standard InChI is InChI=1S/C9H22OSi/c1-3-5-6-7-8-9(4-2)10-11/h9H,3-8H2,1-2,11H3. The van der Waals surface area contributed by atoms with E-state index >= 15 is 0 Å². The van der Waals surface area contributed by atoms with E-state index in [1.54, 1.807) is 0 Å². The predicted molar refractivity (Wildman–Crippen MR) is 53.9 cm³/mol. The molecule has 0 aliphatic heterocycles. The Morgan fingerprint density at radius 3 is 2.36 bits per heavy atom. The summed E-state index contributed by atoms with van der Waals surface area (Å²) >= 11 is 0. The molecule has 11 heavy (non-hydrogen) atoms. The van der Waals surface area contributed by atoms with Crippen LogP contribution in [0.3, 0.4) is 0 Å². The molecule has 68 valence electrons. The summed E-state index contributed by atoms with van der Waals surface area (Å²) in [7, 11) is 0.901. The molecule has 0 aliphatic rings. The highest BCUT2D eigenvalue weighted by Crippen LogP contribution is 2.09. The van der Waals surface area contributed by atoms with Crippen molar-refractivity contribution in [3.8, 4) is 0 Å². The van der Waals surface area contributed by atoms with Crippen LogP contribution in [0.25, 0.3) is 0 Å². The molecule has 0 saturated heterocycles. The van der Waals surface area contributed by atoms with E-state index in [1.807, 2.05) is 0 Å². The van der Waals surface area contributed by atoms with Gasteiger partial charge in [-0.3, -0.25) is 0 Å². The predicted octanol–water partition coefficient (Wildman–Crippen LogP) is 2.03. The van der Waals surface area contributed by atoms with Gasteiger partial charge in [0.05, 0.1) is 0 Å². The van der Waals surface area contributed by atoms with Gasteiger partial charge in [0.25, 0.3) is 0 Å². The van der Waals surface area contributed by atoms with Crippen molar-refractivity contribution in [1.82, 2.24) is 0 Å². The Morgan fingerprint density at radius 2 is 1.91 bits per heavy atom. The zero-order valence-electron chi connectivity index (χ0n) is 8.23. The normalized spacial score (nSPS) is 13.6. The van der Waals surface area contributed by atoms with E-state index in [0.717, 1.165) is 10.5 Å². The monoisotopic (exact) mass is 174 g/mol. The zero-order chi connectivity index (χ0) is 8.53. The Balaban J connectivity index is 3.07. The van der Waals surface area contributed by atoms with E-state index in [1.165, 1.54) is 38.5 Å². The molecule has 1 unspecified atom stereocenters. The van der Waals surface area contributed by atoms with Gasteiger partial charge in [0.1, 0.15) is 10.5 Å². The van der Waals surface area contributed by atoms with Gasteiger partial charge in [-0.25, -0.2) is 0 Å². The van der Waals surface area contributed by atoms with Crippen LogP contribution in [-0.4, -0.2) is 16.6 Å². The van der Waals surface area contributed by atoms with Crippen LogP contribution in [0, 0.1) is 0 Å². The first kappa shape index (κ1) is 11.2. The third-order valence-corrected chi connectivity index (χ3v) is 2.83. The molecule has 0 rings (SSSR count). The highest BCUT2D eigenvalue weighted by atomic mass is 28.2. The fourth-order valence-corrected chi connectivity index (χ4v) is 1.86. The maximum absolute atomic E-state index is 5.42. The van der Waals surface area contributed by atoms with Crippen LogP contribution in [-0.2, 0) is 4.43 Å². The first-order valence-electron chi connectivity index (χ1n) is 4.87. The minimum atomic E-state index is 0.568. The molecule has 0 amide bonds. The fourth-order valence-electron chi connectivity index (χ4n) is 1.29. The zero-order valence-corrected chi connectivity index (χ0v) is 10.2. The number of unbranched alkanes of at least 4 members (excludes halogenated alkanes) is 3. The molecule has 0 aromatic carbocycles. The van der Waals surface area contributed by atoms with Crippen LogP contribution < -0.4 is 0 Å². The molecule has 0 aromatic heterocycles. The maximum atomic E-state index is 5.42. The van der Waals surface area contributed by atoms with Crippen LogP contribution >= 0.6 is 0 Å². The lowest BCUT2D eigenvalue weighted by atomic mass is 10.1. The maximum Gasteiger partial charge on any atom is 0.146 e. The third-order valence-electron chi connectivity index (χ3n) is 2.17. The summed E-state index contributed by atoms with van der Waals surface area (Å²) < 4.78 is 5.42. The molecular formula is C9H22OSi. The Bertz CT molecular complexity index is 72.0. The summed E-state index contributed by atoms with van der Waals surface area (Å²) in [4.78, 5) is 0. The average molecular weight is 174 g/mol. The van der Waals surface area contributed by atoms with Crippen LogP contribution in [0.15, 0.2) is 0 Å². The topological polar surface area (TPSA) is 9.23 Å². The number of hydrogen-bond acceptors (Lipinski definition) is 1. The minimum absolute atomic E-state index is 0.568. The molecule has 2 heteroatoms. The molecule has 0 aliphatic carbocycles. The van der Waals surface area contributed by atoms with Crippen molar-refractivity contribution in [3.05, 3.63) is 0 Å². The van der Waals surface area contributed by atoms with Crippen molar-refractivity contribution >= 4 is 10.5 Å². The Morgan fingerprint density at radius 1 is 1.18 bits per heavy atom. The number of hydrogen-bond donors (Lipinski definition) is 0. The minimum Gasteiger partial charge on any atom is -0.425 e. The van der Waals surface area contributed by atoms with Gasteiger partial charge < -0.3 is 4.43 Å². The fraction of sp³-hybridized carbons (Fsp3) is 1.00. The summed E-state index contributed by atoms with van der Waals surface area (Å²) in [5, 5.41) is 0. The van der Waals surface area contributed by atoms with Crippen molar-refractivity contribution < 1.29 is 4.43 Å². The van der Waals surface area contributed by atoms with Gasteiger partial charge in [0, 0.05) is 6.10 Å². The van der Waals surface area contributed by atoms with E-state index in [4.69, 9.17) is 4.43 Å². The lowest BCUT2D eigenvalue weighted by molar-refractivity contribution is 0.200. The smallest absolute Gasteiger partial charge is 0.146 e. The van der Waals surface area contributed by atoms with E-state index in [-0.39, 0.29) is 0 Å². The second kappa shape index (κ2) is 8.28. The van der Waals surface area contributed by atoms with Crippen molar-refractivity contribution in [2.75, 3.05) is 0 Å². The second-order valence-corrected chi connectivity index (χ2v) is 3.59. The number of rotatable bonds is 7. The molecule has 1 atom stereocenters. The van der Waals surface area contributed by atoms with E-state index in [2.05, 4.69) is 13.8 Å². The van der Waals surface area contributed by atoms with E-state index in [0.29, 0.717) is 6.10 Å². The quantitative estimate of drug-likeness (QED) is 0.424. The lowest BCUT2D eigenvalue weighted by Gasteiger charge is -2.12. The molecule has 0 aromatic rings. The van der Waals surface area contributed by atoms with Gasteiger partial charge in [-0.15, -0.1) is 0 Å². The molecule has 0 heterocycles. The molecule has 0 saturated carbocycles. The average Bonchev–Trinajstić information content (AvgIpc) is 2.05. The molecule has 0 spiro atoms.